The van der Waals surface area contributed by atoms with E-state index in [9.17, 15) is 0 Å². The molecule has 0 heterocycles. The Bertz CT molecular complexity index is 804. The first-order valence-corrected chi connectivity index (χ1v) is 12.3. The molecule has 2 rings (SSSR count). The summed E-state index contributed by atoms with van der Waals surface area (Å²) in [5.74, 6) is 0. The van der Waals surface area contributed by atoms with Gasteiger partial charge in [-0.2, -0.15) is 0 Å². The largest absolute Gasteiger partial charge is 2.00 e. The molecule has 0 aliphatic rings. The summed E-state index contributed by atoms with van der Waals surface area (Å²) in [5, 5.41) is 0. The van der Waals surface area contributed by atoms with E-state index in [1.807, 2.05) is 24.3 Å². The number of thiocarbonyl (C=S) groups is 2. The van der Waals surface area contributed by atoms with Crippen LogP contribution in [0, 0.1) is 0 Å². The van der Waals surface area contributed by atoms with Crippen molar-refractivity contribution in [3.8, 4) is 0 Å². The van der Waals surface area contributed by atoms with Crippen LogP contribution in [-0.2, 0) is 70.8 Å². The Hall–Kier alpha value is 0.243. The van der Waals surface area contributed by atoms with Gasteiger partial charge in [-0.05, 0) is 60.1 Å². The minimum Gasteiger partial charge on any atom is -0.659 e. The molecule has 0 saturated carbocycles. The van der Waals surface area contributed by atoms with Gasteiger partial charge in [0.1, 0.15) is 8.64 Å². The SMILES string of the molecule is CCc1cccc(N([S-])C(=S)S)c1CC.CCc1cccc(N([S-])C(=S)S)c1CC.[Zn+2]. The van der Waals surface area contributed by atoms with Crippen LogP contribution in [0.4, 0.5) is 11.4 Å². The fourth-order valence-corrected chi connectivity index (χ4v) is 4.06. The van der Waals surface area contributed by atoms with Crippen LogP contribution in [0.3, 0.4) is 0 Å². The zero-order valence-corrected chi connectivity index (χ0v) is 26.4. The van der Waals surface area contributed by atoms with E-state index in [0.29, 0.717) is 8.64 Å². The molecule has 0 aliphatic carbocycles. The first-order chi connectivity index (χ1) is 14.2. The molecule has 164 valence electrons. The van der Waals surface area contributed by atoms with Crippen molar-refractivity contribution in [3.63, 3.8) is 0 Å². The number of anilines is 2. The molecule has 2 nitrogen and oxygen atoms in total. The number of nitrogens with zero attached hydrogens (tertiary/aromatic N) is 2. The van der Waals surface area contributed by atoms with Gasteiger partial charge in [0.05, 0.1) is 0 Å². The molecule has 0 radical (unpaired) electrons. The minimum absolute atomic E-state index is 0. The maximum atomic E-state index is 5.20. The Morgan fingerprint density at radius 1 is 0.710 bits per heavy atom. The molecule has 31 heavy (non-hydrogen) atoms. The van der Waals surface area contributed by atoms with Crippen LogP contribution in [0.2, 0.25) is 0 Å². The molecule has 0 unspecified atom stereocenters. The number of hydrogen-bond acceptors (Lipinski definition) is 4. The molecule has 0 atom stereocenters. The summed E-state index contributed by atoms with van der Waals surface area (Å²) < 4.78 is 3.92. The predicted molar refractivity (Wildman–Crippen MR) is 153 cm³/mol. The maximum Gasteiger partial charge on any atom is 2.00 e. The standard InChI is InChI=1S/2C11H14NS3.Zn/c2*1-3-8-6-5-7-10(9(8)4-2)12(15)11(13)14;/h2*5-7H,3-4H2,1-2H3,(H,13,14);/q2*-1;+2. The fraction of sp³-hybridized carbons (Fsp3) is 0.364. The number of hydrogen-bond donors (Lipinski definition) is 2. The summed E-state index contributed by atoms with van der Waals surface area (Å²) in [4.78, 5) is 0. The number of rotatable bonds is 6. The maximum absolute atomic E-state index is 5.20. The average Bonchev–Trinajstić information content (AvgIpc) is 2.76. The summed E-state index contributed by atoms with van der Waals surface area (Å²) >= 11 is 28.6. The minimum atomic E-state index is 0. The molecular formula is C22H28N2S6Zn. The van der Waals surface area contributed by atoms with E-state index in [2.05, 4.69) is 65.1 Å². The summed E-state index contributed by atoms with van der Waals surface area (Å²) in [6.07, 6.45) is 3.95. The second kappa shape index (κ2) is 16.0. The van der Waals surface area contributed by atoms with Crippen molar-refractivity contribution in [2.24, 2.45) is 0 Å². The van der Waals surface area contributed by atoms with Gasteiger partial charge >= 0.3 is 19.5 Å². The third-order valence-corrected chi connectivity index (χ3v) is 6.78. The molecule has 0 aliphatic heterocycles. The summed E-state index contributed by atoms with van der Waals surface area (Å²) in [6, 6.07) is 12.3. The summed E-state index contributed by atoms with van der Waals surface area (Å²) in [6.45, 7) is 8.54. The normalized spacial score (nSPS) is 9.81. The van der Waals surface area contributed by atoms with Crippen LogP contribution in [0.5, 0.6) is 0 Å². The van der Waals surface area contributed by atoms with Crippen molar-refractivity contribution in [2.45, 2.75) is 53.4 Å². The van der Waals surface area contributed by atoms with Crippen LogP contribution in [0.15, 0.2) is 36.4 Å². The third-order valence-electron chi connectivity index (χ3n) is 4.75. The molecule has 2 aromatic rings. The van der Waals surface area contributed by atoms with E-state index in [-0.39, 0.29) is 19.5 Å². The van der Waals surface area contributed by atoms with E-state index in [0.717, 1.165) is 37.1 Å². The number of benzene rings is 2. The molecule has 0 aromatic heterocycles. The van der Waals surface area contributed by atoms with Crippen molar-refractivity contribution >= 4 is 95.3 Å². The molecule has 2 aromatic carbocycles. The van der Waals surface area contributed by atoms with Crippen molar-refractivity contribution < 1.29 is 19.5 Å². The van der Waals surface area contributed by atoms with Crippen molar-refractivity contribution in [1.82, 2.24) is 0 Å². The van der Waals surface area contributed by atoms with Crippen LogP contribution >= 0.6 is 49.7 Å². The van der Waals surface area contributed by atoms with Crippen LogP contribution in [0.1, 0.15) is 49.9 Å². The molecule has 0 spiro atoms. The smallest absolute Gasteiger partial charge is 0.659 e. The van der Waals surface area contributed by atoms with E-state index >= 15 is 0 Å². The Labute approximate surface area is 233 Å². The summed E-state index contributed by atoms with van der Waals surface area (Å²) in [5.41, 5.74) is 7.18. The zero-order valence-electron chi connectivity index (χ0n) is 18.4. The van der Waals surface area contributed by atoms with Gasteiger partial charge < -0.3 is 34.2 Å². The van der Waals surface area contributed by atoms with Crippen molar-refractivity contribution in [1.29, 1.82) is 0 Å². The first-order valence-electron chi connectivity index (χ1n) is 9.85. The number of aryl methyl sites for hydroxylation is 2. The van der Waals surface area contributed by atoms with Gasteiger partial charge in [0.25, 0.3) is 0 Å². The molecule has 0 fully saturated rings. The predicted octanol–water partition coefficient (Wildman–Crippen LogP) is 6.59. The van der Waals surface area contributed by atoms with Crippen molar-refractivity contribution in [3.05, 3.63) is 58.7 Å². The van der Waals surface area contributed by atoms with Crippen LogP contribution in [-0.4, -0.2) is 8.64 Å². The van der Waals surface area contributed by atoms with Gasteiger partial charge in [-0.1, -0.05) is 76.4 Å². The molecular weight excluding hydrogens is 550 g/mol. The molecule has 0 bridgehead atoms. The van der Waals surface area contributed by atoms with Gasteiger partial charge in [-0.15, -0.1) is 25.3 Å². The Balaban J connectivity index is 0.000000562. The second-order valence-corrected chi connectivity index (χ2v) is 9.35. The van der Waals surface area contributed by atoms with Gasteiger partial charge in [0.2, 0.25) is 0 Å². The van der Waals surface area contributed by atoms with Gasteiger partial charge in [-0.25, -0.2) is 0 Å². The average molecular weight is 578 g/mol. The van der Waals surface area contributed by atoms with E-state index in [1.165, 1.54) is 30.9 Å². The van der Waals surface area contributed by atoms with Gasteiger partial charge in [0.15, 0.2) is 0 Å². The Kier molecular flexibility index (Phi) is 16.1. The van der Waals surface area contributed by atoms with E-state index in [1.54, 1.807) is 0 Å². The fourth-order valence-electron chi connectivity index (χ4n) is 3.31. The van der Waals surface area contributed by atoms with Crippen LogP contribution in [0.25, 0.3) is 0 Å². The van der Waals surface area contributed by atoms with Crippen LogP contribution < -0.4 is 8.61 Å². The monoisotopic (exact) mass is 576 g/mol. The molecule has 0 amide bonds. The van der Waals surface area contributed by atoms with E-state index < -0.39 is 0 Å². The van der Waals surface area contributed by atoms with Gasteiger partial charge in [-0.3, -0.25) is 0 Å². The van der Waals surface area contributed by atoms with Gasteiger partial charge in [0, 0.05) is 11.4 Å². The number of thiol groups is 2. The summed E-state index contributed by atoms with van der Waals surface area (Å²) in [7, 11) is 0. The Morgan fingerprint density at radius 2 is 1.03 bits per heavy atom. The van der Waals surface area contributed by atoms with Crippen molar-refractivity contribution in [2.75, 3.05) is 8.61 Å². The molecule has 0 N–H and O–H groups in total. The quantitative estimate of drug-likeness (QED) is 0.172. The first kappa shape index (κ1) is 31.2. The van der Waals surface area contributed by atoms with E-state index in [4.69, 9.17) is 50.1 Å². The molecule has 0 saturated heterocycles. The molecule has 9 heteroatoms. The third kappa shape index (κ3) is 8.84. The topological polar surface area (TPSA) is 6.48 Å². The second-order valence-electron chi connectivity index (χ2n) is 6.40. The Morgan fingerprint density at radius 3 is 1.26 bits per heavy atom. The zero-order chi connectivity index (χ0) is 22.8.